The van der Waals surface area contributed by atoms with Gasteiger partial charge in [-0.15, -0.1) is 0 Å². The van der Waals surface area contributed by atoms with Crippen molar-refractivity contribution in [3.8, 4) is 0 Å². The van der Waals surface area contributed by atoms with Gasteiger partial charge in [-0.2, -0.15) is 0 Å². The Morgan fingerprint density at radius 3 is 2.83 bits per heavy atom. The highest BCUT2D eigenvalue weighted by atomic mass is 35.5. The molecular formula is C14H15ClN2S. The highest BCUT2D eigenvalue weighted by Crippen LogP contribution is 2.62. The van der Waals surface area contributed by atoms with E-state index in [2.05, 4.69) is 15.6 Å². The molecule has 2 fully saturated rings. The molecule has 18 heavy (non-hydrogen) atoms. The predicted octanol–water partition coefficient (Wildman–Crippen LogP) is 4.54. The monoisotopic (exact) mass is 278 g/mol. The van der Waals surface area contributed by atoms with Crippen LogP contribution in [-0.2, 0) is 6.54 Å². The third-order valence-electron chi connectivity index (χ3n) is 4.57. The van der Waals surface area contributed by atoms with Crippen LogP contribution in [0, 0.1) is 16.1 Å². The van der Waals surface area contributed by atoms with Crippen molar-refractivity contribution >= 4 is 34.9 Å². The molecule has 0 saturated heterocycles. The fourth-order valence-corrected chi connectivity index (χ4v) is 3.65. The van der Waals surface area contributed by atoms with Gasteiger partial charge in [0.25, 0.3) is 0 Å². The highest BCUT2D eigenvalue weighted by Gasteiger charge is 2.53. The second kappa shape index (κ2) is 3.61. The fraction of sp³-hybridized carbons (Fsp3) is 0.500. The van der Waals surface area contributed by atoms with Crippen LogP contribution in [0.5, 0.6) is 0 Å². The van der Waals surface area contributed by atoms with Crippen LogP contribution in [0.15, 0.2) is 18.2 Å². The average Bonchev–Trinajstić information content (AvgIpc) is 3.23. The molecule has 0 unspecified atom stereocenters. The molecule has 1 N–H and O–H groups in total. The smallest absolute Gasteiger partial charge is 0.178 e. The Morgan fingerprint density at radius 2 is 2.17 bits per heavy atom. The molecule has 2 saturated carbocycles. The van der Waals surface area contributed by atoms with Crippen LogP contribution in [0.4, 0.5) is 0 Å². The van der Waals surface area contributed by atoms with Gasteiger partial charge in [-0.05, 0) is 61.4 Å². The molecule has 2 aliphatic carbocycles. The van der Waals surface area contributed by atoms with Gasteiger partial charge in [0.05, 0.1) is 16.1 Å². The Labute approximate surface area is 116 Å². The molecule has 1 heterocycles. The number of imidazole rings is 1. The maximum atomic E-state index is 6.21. The van der Waals surface area contributed by atoms with Gasteiger partial charge < -0.3 is 9.55 Å². The van der Waals surface area contributed by atoms with Crippen molar-refractivity contribution < 1.29 is 0 Å². The van der Waals surface area contributed by atoms with Crippen LogP contribution in [0.2, 0.25) is 5.02 Å². The number of aromatic amines is 1. The second-order valence-corrected chi connectivity index (χ2v) is 6.58. The molecule has 0 atom stereocenters. The summed E-state index contributed by atoms with van der Waals surface area (Å²) in [6, 6.07) is 6.02. The molecule has 0 bridgehead atoms. The summed E-state index contributed by atoms with van der Waals surface area (Å²) in [5.41, 5.74) is 2.69. The summed E-state index contributed by atoms with van der Waals surface area (Å²) in [6.07, 6.45) is 5.56. The number of benzene rings is 1. The van der Waals surface area contributed by atoms with Crippen LogP contribution in [-0.4, -0.2) is 9.55 Å². The summed E-state index contributed by atoms with van der Waals surface area (Å²) in [6.45, 7) is 1.07. The summed E-state index contributed by atoms with van der Waals surface area (Å²) in [7, 11) is 0. The molecule has 0 aliphatic heterocycles. The van der Waals surface area contributed by atoms with Gasteiger partial charge in [-0.1, -0.05) is 17.7 Å². The van der Waals surface area contributed by atoms with Crippen molar-refractivity contribution in [2.45, 2.75) is 32.2 Å². The zero-order valence-electron chi connectivity index (χ0n) is 10.1. The molecule has 2 aliphatic rings. The highest BCUT2D eigenvalue weighted by molar-refractivity contribution is 7.71. The topological polar surface area (TPSA) is 20.7 Å². The van der Waals surface area contributed by atoms with Gasteiger partial charge in [0.1, 0.15) is 0 Å². The molecule has 1 aromatic carbocycles. The van der Waals surface area contributed by atoms with Gasteiger partial charge in [-0.3, -0.25) is 0 Å². The van der Waals surface area contributed by atoms with Crippen molar-refractivity contribution in [1.82, 2.24) is 9.55 Å². The number of halogens is 1. The lowest BCUT2D eigenvalue weighted by atomic mass is 10.0. The Kier molecular flexibility index (Phi) is 2.22. The van der Waals surface area contributed by atoms with E-state index in [9.17, 15) is 0 Å². The zero-order chi connectivity index (χ0) is 12.3. The van der Waals surface area contributed by atoms with E-state index in [4.69, 9.17) is 23.8 Å². The number of hydrogen-bond acceptors (Lipinski definition) is 1. The first kappa shape index (κ1) is 11.1. The van der Waals surface area contributed by atoms with Gasteiger partial charge in [0.2, 0.25) is 0 Å². The first-order valence-electron chi connectivity index (χ1n) is 6.57. The largest absolute Gasteiger partial charge is 0.329 e. The number of hydrogen-bond donors (Lipinski definition) is 1. The molecule has 2 nitrogen and oxygen atoms in total. The number of aromatic nitrogens is 2. The number of H-pyrrole nitrogens is 1. The van der Waals surface area contributed by atoms with Crippen LogP contribution in [0.25, 0.3) is 11.0 Å². The Bertz CT molecular complexity index is 677. The van der Waals surface area contributed by atoms with Crippen molar-refractivity contribution in [1.29, 1.82) is 0 Å². The normalized spacial score (nSPS) is 21.4. The van der Waals surface area contributed by atoms with Crippen molar-refractivity contribution in [3.63, 3.8) is 0 Å². The molecule has 0 amide bonds. The molecule has 4 rings (SSSR count). The van der Waals surface area contributed by atoms with E-state index in [1.807, 2.05) is 12.1 Å². The number of nitrogens with one attached hydrogen (secondary N) is 1. The summed E-state index contributed by atoms with van der Waals surface area (Å²) >= 11 is 11.7. The van der Waals surface area contributed by atoms with Crippen LogP contribution in [0.3, 0.4) is 0 Å². The van der Waals surface area contributed by atoms with E-state index in [-0.39, 0.29) is 0 Å². The summed E-state index contributed by atoms with van der Waals surface area (Å²) in [4.78, 5) is 3.25. The SMILES string of the molecule is S=c1[nH]c2c(Cl)cccc2n1CC1(C2CC2)CC1. The lowest BCUT2D eigenvalue weighted by Gasteiger charge is -2.15. The second-order valence-electron chi connectivity index (χ2n) is 5.79. The Hall–Kier alpha value is -0.800. The molecule has 2 aromatic rings. The summed E-state index contributed by atoms with van der Waals surface area (Å²) in [5, 5.41) is 0.758. The number of fused-ring (bicyclic) bond motifs is 1. The maximum Gasteiger partial charge on any atom is 0.178 e. The standard InChI is InChI=1S/C14H15ClN2S/c15-10-2-1-3-11-12(10)16-13(18)17(11)8-14(6-7-14)9-4-5-9/h1-3,9H,4-8H2,(H,16,18). The van der Waals surface area contributed by atoms with Gasteiger partial charge in [0, 0.05) is 6.54 Å². The fourth-order valence-electron chi connectivity index (χ4n) is 3.17. The predicted molar refractivity (Wildman–Crippen MR) is 76.5 cm³/mol. The first-order valence-corrected chi connectivity index (χ1v) is 7.35. The van der Waals surface area contributed by atoms with E-state index in [0.717, 1.165) is 33.3 Å². The number of rotatable bonds is 3. The first-order chi connectivity index (χ1) is 8.70. The maximum absolute atomic E-state index is 6.21. The lowest BCUT2D eigenvalue weighted by molar-refractivity contribution is 0.373. The van der Waals surface area contributed by atoms with Crippen molar-refractivity contribution in [2.75, 3.05) is 0 Å². The minimum absolute atomic E-state index is 0.551. The van der Waals surface area contributed by atoms with E-state index in [1.54, 1.807) is 0 Å². The minimum atomic E-state index is 0.551. The van der Waals surface area contributed by atoms with Gasteiger partial charge in [-0.25, -0.2) is 0 Å². The van der Waals surface area contributed by atoms with E-state index >= 15 is 0 Å². The van der Waals surface area contributed by atoms with Gasteiger partial charge in [0.15, 0.2) is 4.77 Å². The molecule has 4 heteroatoms. The quantitative estimate of drug-likeness (QED) is 0.818. The van der Waals surface area contributed by atoms with Crippen LogP contribution in [0.1, 0.15) is 25.7 Å². The zero-order valence-corrected chi connectivity index (χ0v) is 11.7. The minimum Gasteiger partial charge on any atom is -0.329 e. The molecule has 0 radical (unpaired) electrons. The Balaban J connectivity index is 1.82. The van der Waals surface area contributed by atoms with E-state index < -0.39 is 0 Å². The van der Waals surface area contributed by atoms with E-state index in [0.29, 0.717) is 5.41 Å². The van der Waals surface area contributed by atoms with Gasteiger partial charge >= 0.3 is 0 Å². The summed E-state index contributed by atoms with van der Waals surface area (Å²) in [5.74, 6) is 0.948. The molecular weight excluding hydrogens is 264 g/mol. The number of para-hydroxylation sites is 1. The number of nitrogens with zero attached hydrogens (tertiary/aromatic N) is 1. The average molecular weight is 279 g/mol. The van der Waals surface area contributed by atoms with Crippen molar-refractivity contribution in [3.05, 3.63) is 28.0 Å². The van der Waals surface area contributed by atoms with E-state index in [1.165, 1.54) is 25.7 Å². The molecule has 0 spiro atoms. The third kappa shape index (κ3) is 1.57. The third-order valence-corrected chi connectivity index (χ3v) is 5.21. The van der Waals surface area contributed by atoms with Crippen LogP contribution < -0.4 is 0 Å². The molecule has 1 aromatic heterocycles. The van der Waals surface area contributed by atoms with Crippen LogP contribution >= 0.6 is 23.8 Å². The Morgan fingerprint density at radius 1 is 1.39 bits per heavy atom. The lowest BCUT2D eigenvalue weighted by Crippen LogP contribution is -2.13. The van der Waals surface area contributed by atoms with Crippen molar-refractivity contribution in [2.24, 2.45) is 11.3 Å². The molecule has 94 valence electrons. The summed E-state index contributed by atoms with van der Waals surface area (Å²) < 4.78 is 3.06.